The summed E-state index contributed by atoms with van der Waals surface area (Å²) in [5, 5.41) is 0. The molecule has 0 saturated carbocycles. The zero-order valence-electron chi connectivity index (χ0n) is 15.7. The predicted molar refractivity (Wildman–Crippen MR) is 95.6 cm³/mol. The van der Waals surface area contributed by atoms with Crippen molar-refractivity contribution in [1.82, 2.24) is 4.57 Å². The van der Waals surface area contributed by atoms with Crippen LogP contribution in [0, 0.1) is 20.8 Å². The van der Waals surface area contributed by atoms with E-state index in [1.165, 1.54) is 5.56 Å². The van der Waals surface area contributed by atoms with Crippen molar-refractivity contribution in [2.75, 3.05) is 13.7 Å². The van der Waals surface area contributed by atoms with Crippen molar-refractivity contribution in [3.63, 3.8) is 0 Å². The van der Waals surface area contributed by atoms with Crippen LogP contribution in [0.4, 0.5) is 0 Å². The Morgan fingerprint density at radius 2 is 2.00 bits per heavy atom. The van der Waals surface area contributed by atoms with Crippen molar-refractivity contribution in [3.05, 3.63) is 52.6 Å². The summed E-state index contributed by atoms with van der Waals surface area (Å²) in [6, 6.07) is 6.42. The summed E-state index contributed by atoms with van der Waals surface area (Å²) in [7, 11) is 1.71. The number of ketones is 1. The lowest BCUT2D eigenvalue weighted by atomic mass is 10.1. The molecular formula is C20H29N2O2+. The second-order valence-corrected chi connectivity index (χ2v) is 6.54. The van der Waals surface area contributed by atoms with Crippen molar-refractivity contribution < 1.29 is 14.1 Å². The fraction of sp³-hybridized carbons (Fsp3) is 0.500. The Morgan fingerprint density at radius 3 is 2.62 bits per heavy atom. The molecule has 4 heteroatoms. The van der Waals surface area contributed by atoms with Crippen LogP contribution in [0.15, 0.2) is 24.4 Å². The molecule has 0 bridgehead atoms. The number of ether oxygens (including phenoxy) is 1. The molecule has 4 nitrogen and oxygen atoms in total. The fourth-order valence-corrected chi connectivity index (χ4v) is 3.34. The summed E-state index contributed by atoms with van der Waals surface area (Å²) in [5.74, 6) is 0.153. The van der Waals surface area contributed by atoms with E-state index in [1.54, 1.807) is 7.11 Å². The number of nitrogens with zero attached hydrogens (tertiary/aromatic N) is 2. The highest BCUT2D eigenvalue weighted by Gasteiger charge is 2.22. The molecule has 2 aromatic heterocycles. The average molecular weight is 329 g/mol. The van der Waals surface area contributed by atoms with E-state index in [2.05, 4.69) is 36.7 Å². The summed E-state index contributed by atoms with van der Waals surface area (Å²) in [4.78, 5) is 12.9. The summed E-state index contributed by atoms with van der Waals surface area (Å²) in [5.41, 5.74) is 5.27. The molecule has 0 aliphatic rings. The van der Waals surface area contributed by atoms with Gasteiger partial charge in [0.25, 0.3) is 0 Å². The highest BCUT2D eigenvalue weighted by atomic mass is 16.5. The van der Waals surface area contributed by atoms with E-state index in [1.807, 2.05) is 31.4 Å². The second-order valence-electron chi connectivity index (χ2n) is 6.54. The molecule has 24 heavy (non-hydrogen) atoms. The molecule has 2 rings (SSSR count). The van der Waals surface area contributed by atoms with E-state index in [4.69, 9.17) is 4.74 Å². The van der Waals surface area contributed by atoms with Crippen molar-refractivity contribution in [3.8, 4) is 0 Å². The molecule has 0 saturated heterocycles. The number of pyridine rings is 1. The van der Waals surface area contributed by atoms with Crippen LogP contribution in [-0.2, 0) is 17.7 Å². The monoisotopic (exact) mass is 329 g/mol. The van der Waals surface area contributed by atoms with Gasteiger partial charge < -0.3 is 9.30 Å². The van der Waals surface area contributed by atoms with E-state index in [0.29, 0.717) is 13.2 Å². The molecular weight excluding hydrogens is 300 g/mol. The van der Waals surface area contributed by atoms with Gasteiger partial charge in [-0.1, -0.05) is 6.92 Å². The van der Waals surface area contributed by atoms with E-state index in [0.717, 1.165) is 29.1 Å². The normalized spacial score (nSPS) is 12.4. The number of hydrogen-bond donors (Lipinski definition) is 0. The maximum Gasteiger partial charge on any atom is 0.229 e. The largest absolute Gasteiger partial charge is 0.383 e. The number of aromatic nitrogens is 2. The highest BCUT2D eigenvalue weighted by molar-refractivity contribution is 5.96. The van der Waals surface area contributed by atoms with Gasteiger partial charge in [0.2, 0.25) is 12.3 Å². The van der Waals surface area contributed by atoms with Gasteiger partial charge in [0.1, 0.15) is 0 Å². The minimum Gasteiger partial charge on any atom is -0.383 e. The molecule has 0 aliphatic heterocycles. The Bertz CT molecular complexity index is 731. The number of hydrogen-bond acceptors (Lipinski definition) is 2. The zero-order valence-corrected chi connectivity index (χ0v) is 15.7. The van der Waals surface area contributed by atoms with E-state index in [9.17, 15) is 4.79 Å². The van der Waals surface area contributed by atoms with Crippen LogP contribution in [-0.4, -0.2) is 24.1 Å². The Labute approximate surface area is 145 Å². The lowest BCUT2D eigenvalue weighted by Crippen LogP contribution is -2.41. The quantitative estimate of drug-likeness (QED) is 0.577. The number of carbonyl (C=O) groups excluding carboxylic acids is 1. The first-order valence-electron chi connectivity index (χ1n) is 8.58. The number of Topliss-reactive ketones (excluding diaryl/α,β-unsaturated/α-hetero) is 1. The van der Waals surface area contributed by atoms with Gasteiger partial charge in [-0.3, -0.25) is 4.79 Å². The van der Waals surface area contributed by atoms with E-state index >= 15 is 0 Å². The predicted octanol–water partition coefficient (Wildman–Crippen LogP) is 3.35. The van der Waals surface area contributed by atoms with Gasteiger partial charge in [0, 0.05) is 42.6 Å². The second kappa shape index (κ2) is 7.75. The fourth-order valence-electron chi connectivity index (χ4n) is 3.34. The van der Waals surface area contributed by atoms with Gasteiger partial charge in [0.05, 0.1) is 12.6 Å². The molecule has 2 aromatic rings. The van der Waals surface area contributed by atoms with Crippen molar-refractivity contribution in [2.45, 2.75) is 53.6 Å². The Morgan fingerprint density at radius 1 is 1.29 bits per heavy atom. The van der Waals surface area contributed by atoms with Crippen molar-refractivity contribution in [2.24, 2.45) is 0 Å². The highest BCUT2D eigenvalue weighted by Crippen LogP contribution is 2.21. The van der Waals surface area contributed by atoms with Crippen LogP contribution in [0.3, 0.4) is 0 Å². The Hall–Kier alpha value is -1.94. The average Bonchev–Trinajstić information content (AvgIpc) is 2.84. The molecule has 130 valence electrons. The molecule has 0 amide bonds. The minimum absolute atomic E-state index is 0.153. The van der Waals surface area contributed by atoms with Crippen LogP contribution < -0.4 is 4.57 Å². The van der Waals surface area contributed by atoms with Crippen LogP contribution in [0.5, 0.6) is 0 Å². The van der Waals surface area contributed by atoms with Crippen LogP contribution in [0.2, 0.25) is 0 Å². The Kier molecular flexibility index (Phi) is 5.94. The van der Waals surface area contributed by atoms with E-state index in [-0.39, 0.29) is 11.8 Å². The first kappa shape index (κ1) is 18.4. The molecule has 0 N–H and O–H groups in total. The summed E-state index contributed by atoms with van der Waals surface area (Å²) >= 11 is 0. The third kappa shape index (κ3) is 3.75. The van der Waals surface area contributed by atoms with Crippen molar-refractivity contribution in [1.29, 1.82) is 0 Å². The molecule has 0 spiro atoms. The van der Waals surface area contributed by atoms with Gasteiger partial charge in [-0.25, -0.2) is 0 Å². The van der Waals surface area contributed by atoms with Gasteiger partial charge in [0.15, 0.2) is 11.9 Å². The van der Waals surface area contributed by atoms with Crippen LogP contribution >= 0.6 is 0 Å². The third-order valence-electron chi connectivity index (χ3n) is 4.67. The SMILES string of the molecule is CCc1ccc(C)[n+](CC(=O)c2cc(C)n([C@H](C)COC)c2C)c1. The van der Waals surface area contributed by atoms with Crippen molar-refractivity contribution >= 4 is 5.78 Å². The van der Waals surface area contributed by atoms with Crippen LogP contribution in [0.1, 0.15) is 52.9 Å². The first-order valence-corrected chi connectivity index (χ1v) is 8.58. The number of rotatable bonds is 7. The molecule has 0 aliphatic carbocycles. The summed E-state index contributed by atoms with van der Waals surface area (Å²) < 4.78 is 9.50. The first-order chi connectivity index (χ1) is 11.4. The lowest BCUT2D eigenvalue weighted by molar-refractivity contribution is -0.689. The zero-order chi connectivity index (χ0) is 17.9. The number of aryl methyl sites for hydroxylation is 3. The van der Waals surface area contributed by atoms with Gasteiger partial charge in [-0.05, 0) is 39.3 Å². The molecule has 0 fully saturated rings. The molecule has 0 radical (unpaired) electrons. The molecule has 2 heterocycles. The molecule has 0 aromatic carbocycles. The summed E-state index contributed by atoms with van der Waals surface area (Å²) in [6.07, 6.45) is 3.05. The third-order valence-corrected chi connectivity index (χ3v) is 4.67. The molecule has 1 atom stereocenters. The Balaban J connectivity index is 2.29. The summed E-state index contributed by atoms with van der Waals surface area (Å²) in [6.45, 7) is 11.4. The van der Waals surface area contributed by atoms with Gasteiger partial charge >= 0.3 is 0 Å². The van der Waals surface area contributed by atoms with Gasteiger partial charge in [-0.15, -0.1) is 0 Å². The molecule has 0 unspecified atom stereocenters. The number of methoxy groups -OCH3 is 1. The van der Waals surface area contributed by atoms with E-state index < -0.39 is 0 Å². The maximum atomic E-state index is 12.9. The lowest BCUT2D eigenvalue weighted by Gasteiger charge is -2.17. The van der Waals surface area contributed by atoms with Crippen LogP contribution in [0.25, 0.3) is 0 Å². The smallest absolute Gasteiger partial charge is 0.229 e. The number of carbonyl (C=O) groups is 1. The topological polar surface area (TPSA) is 35.1 Å². The standard InChI is InChI=1S/C20H29N2O2/c1-7-18-9-8-14(2)21(11-18)12-20(23)19-10-15(3)22(17(19)5)16(4)13-24-6/h8-11,16H,7,12-13H2,1-6H3/q+1/t16-/m1/s1. The maximum absolute atomic E-state index is 12.9. The van der Waals surface area contributed by atoms with Gasteiger partial charge in [-0.2, -0.15) is 4.57 Å². The minimum atomic E-state index is 0.153.